The lowest BCUT2D eigenvalue weighted by atomic mass is 10.1. The van der Waals surface area contributed by atoms with Gasteiger partial charge < -0.3 is 5.32 Å². The van der Waals surface area contributed by atoms with Crippen LogP contribution < -0.4 is 5.32 Å². The predicted molar refractivity (Wildman–Crippen MR) is 117 cm³/mol. The van der Waals surface area contributed by atoms with E-state index >= 15 is 0 Å². The van der Waals surface area contributed by atoms with Gasteiger partial charge >= 0.3 is 0 Å². The van der Waals surface area contributed by atoms with E-state index in [1.807, 2.05) is 31.2 Å². The number of aromatic nitrogens is 2. The smallest absolute Gasteiger partial charge is 0.239 e. The normalized spacial score (nSPS) is 21.6. The van der Waals surface area contributed by atoms with Crippen LogP contribution in [-0.2, 0) is 14.6 Å². The largest absolute Gasteiger partial charge is 0.310 e. The molecule has 1 aromatic heterocycles. The first-order valence-corrected chi connectivity index (χ1v) is 12.5. The summed E-state index contributed by atoms with van der Waals surface area (Å²) in [5.41, 5.74) is 1.96. The van der Waals surface area contributed by atoms with Crippen LogP contribution in [0, 0.1) is 12.8 Å². The number of carbonyl (C=O) groups is 1. The van der Waals surface area contributed by atoms with Crippen molar-refractivity contribution in [3.63, 3.8) is 0 Å². The summed E-state index contributed by atoms with van der Waals surface area (Å²) in [6, 6.07) is 12.0. The van der Waals surface area contributed by atoms with E-state index in [9.17, 15) is 13.2 Å². The third-order valence-corrected chi connectivity index (χ3v) is 7.80. The van der Waals surface area contributed by atoms with Crippen molar-refractivity contribution in [2.75, 3.05) is 29.9 Å². The van der Waals surface area contributed by atoms with Gasteiger partial charge in [-0.3, -0.25) is 9.69 Å². The number of carbonyl (C=O) groups excluding carboxylic acids is 1. The molecule has 2 heterocycles. The van der Waals surface area contributed by atoms with E-state index in [0.717, 1.165) is 12.2 Å². The molecule has 2 fully saturated rings. The summed E-state index contributed by atoms with van der Waals surface area (Å²) in [5, 5.41) is 7.45. The summed E-state index contributed by atoms with van der Waals surface area (Å²) >= 11 is 0. The second-order valence-corrected chi connectivity index (χ2v) is 10.9. The van der Waals surface area contributed by atoms with Crippen LogP contribution in [0.5, 0.6) is 0 Å². The van der Waals surface area contributed by atoms with Crippen molar-refractivity contribution in [3.05, 3.63) is 47.7 Å². The number of rotatable bonds is 8. The summed E-state index contributed by atoms with van der Waals surface area (Å²) in [5.74, 6) is 1.41. The maximum Gasteiger partial charge on any atom is 0.239 e. The molecule has 2 unspecified atom stereocenters. The van der Waals surface area contributed by atoms with Crippen molar-refractivity contribution in [3.8, 4) is 0 Å². The Bertz CT molecular complexity index is 999. The molecule has 0 bridgehead atoms. The van der Waals surface area contributed by atoms with E-state index in [1.165, 1.54) is 18.4 Å². The molecule has 1 amide bonds. The van der Waals surface area contributed by atoms with Gasteiger partial charge in [-0.1, -0.05) is 30.3 Å². The van der Waals surface area contributed by atoms with Gasteiger partial charge in [-0.2, -0.15) is 5.10 Å². The minimum atomic E-state index is -3.03. The summed E-state index contributed by atoms with van der Waals surface area (Å²) in [6.45, 7) is 5.19. The van der Waals surface area contributed by atoms with Crippen molar-refractivity contribution in [1.82, 2.24) is 14.7 Å². The summed E-state index contributed by atoms with van der Waals surface area (Å²) in [7, 11) is -3.03. The highest BCUT2D eigenvalue weighted by atomic mass is 32.2. The lowest BCUT2D eigenvalue weighted by Gasteiger charge is -2.29. The third kappa shape index (κ3) is 5.10. The molecule has 1 aliphatic heterocycles. The molecule has 1 aliphatic carbocycles. The molecule has 2 aliphatic rings. The molecule has 0 radical (unpaired) electrons. The van der Waals surface area contributed by atoms with Gasteiger partial charge in [0.1, 0.15) is 5.82 Å². The van der Waals surface area contributed by atoms with Crippen LogP contribution in [0.4, 0.5) is 5.82 Å². The second-order valence-electron chi connectivity index (χ2n) is 8.68. The minimum Gasteiger partial charge on any atom is -0.310 e. The number of hydrogen-bond donors (Lipinski definition) is 1. The number of nitrogens with one attached hydrogen (secondary N) is 1. The van der Waals surface area contributed by atoms with Crippen molar-refractivity contribution in [2.45, 2.75) is 45.2 Å². The first-order chi connectivity index (χ1) is 14.3. The number of amides is 1. The van der Waals surface area contributed by atoms with Gasteiger partial charge in [-0.05, 0) is 44.6 Å². The highest BCUT2D eigenvalue weighted by molar-refractivity contribution is 7.91. The zero-order chi connectivity index (χ0) is 21.3. The fourth-order valence-electron chi connectivity index (χ4n) is 4.16. The van der Waals surface area contributed by atoms with Crippen LogP contribution in [0.15, 0.2) is 36.4 Å². The molecular weight excluding hydrogens is 400 g/mol. The molecular formula is C22H30N4O3S. The molecule has 162 valence electrons. The molecule has 1 N–H and O–H groups in total. The maximum atomic E-state index is 13.0. The Morgan fingerprint density at radius 3 is 2.63 bits per heavy atom. The SMILES string of the molecule is Cc1cc(NC(=O)CN(CC2CC2)C(C)c2ccccc2)n(C2CCS(=O)(=O)C2)n1. The zero-order valence-corrected chi connectivity index (χ0v) is 18.4. The first kappa shape index (κ1) is 21.1. The molecule has 2 atom stereocenters. The van der Waals surface area contributed by atoms with Gasteiger partial charge in [0, 0.05) is 18.7 Å². The van der Waals surface area contributed by atoms with Gasteiger partial charge in [-0.15, -0.1) is 0 Å². The number of hydrogen-bond acceptors (Lipinski definition) is 5. The number of aryl methyl sites for hydroxylation is 1. The Morgan fingerprint density at radius 1 is 1.27 bits per heavy atom. The van der Waals surface area contributed by atoms with E-state index in [-0.39, 0.29) is 29.5 Å². The van der Waals surface area contributed by atoms with Gasteiger partial charge in [0.25, 0.3) is 0 Å². The van der Waals surface area contributed by atoms with E-state index in [1.54, 1.807) is 4.68 Å². The van der Waals surface area contributed by atoms with Crippen LogP contribution in [0.3, 0.4) is 0 Å². The highest BCUT2D eigenvalue weighted by Crippen LogP contribution is 2.33. The van der Waals surface area contributed by atoms with Crippen LogP contribution in [0.25, 0.3) is 0 Å². The molecule has 4 rings (SSSR count). The predicted octanol–water partition coefficient (Wildman–Crippen LogP) is 2.96. The lowest BCUT2D eigenvalue weighted by Crippen LogP contribution is -2.37. The summed E-state index contributed by atoms with van der Waals surface area (Å²) in [6.07, 6.45) is 2.98. The molecule has 1 aromatic carbocycles. The molecule has 7 nitrogen and oxygen atoms in total. The van der Waals surface area contributed by atoms with E-state index in [0.29, 0.717) is 24.7 Å². The summed E-state index contributed by atoms with van der Waals surface area (Å²) in [4.78, 5) is 15.2. The monoisotopic (exact) mass is 430 g/mol. The van der Waals surface area contributed by atoms with Crippen molar-refractivity contribution < 1.29 is 13.2 Å². The number of anilines is 1. The van der Waals surface area contributed by atoms with E-state index in [2.05, 4.69) is 34.4 Å². The highest BCUT2D eigenvalue weighted by Gasteiger charge is 2.32. The molecule has 2 aromatic rings. The maximum absolute atomic E-state index is 13.0. The van der Waals surface area contributed by atoms with Crippen molar-refractivity contribution in [1.29, 1.82) is 0 Å². The number of nitrogens with zero attached hydrogens (tertiary/aromatic N) is 3. The average Bonchev–Trinajstić information content (AvgIpc) is 3.35. The summed E-state index contributed by atoms with van der Waals surface area (Å²) < 4.78 is 25.5. The van der Waals surface area contributed by atoms with Crippen LogP contribution in [0.1, 0.15) is 49.5 Å². The van der Waals surface area contributed by atoms with E-state index < -0.39 is 9.84 Å². The van der Waals surface area contributed by atoms with E-state index in [4.69, 9.17) is 0 Å². The molecule has 1 saturated carbocycles. The zero-order valence-electron chi connectivity index (χ0n) is 17.6. The fraction of sp³-hybridized carbons (Fsp3) is 0.545. The van der Waals surface area contributed by atoms with Gasteiger partial charge in [-0.25, -0.2) is 13.1 Å². The van der Waals surface area contributed by atoms with Crippen LogP contribution in [-0.4, -0.2) is 53.6 Å². The Hall–Kier alpha value is -2.19. The fourth-order valence-corrected chi connectivity index (χ4v) is 5.85. The Kier molecular flexibility index (Phi) is 5.97. The van der Waals surface area contributed by atoms with Crippen molar-refractivity contribution >= 4 is 21.6 Å². The quantitative estimate of drug-likeness (QED) is 0.696. The molecule has 8 heteroatoms. The Morgan fingerprint density at radius 2 is 2.00 bits per heavy atom. The van der Waals surface area contributed by atoms with Crippen LogP contribution in [0.2, 0.25) is 0 Å². The van der Waals surface area contributed by atoms with Crippen LogP contribution >= 0.6 is 0 Å². The van der Waals surface area contributed by atoms with Crippen molar-refractivity contribution in [2.24, 2.45) is 5.92 Å². The van der Waals surface area contributed by atoms with Gasteiger partial charge in [0.05, 0.1) is 29.8 Å². The Balaban J connectivity index is 1.46. The molecule has 1 saturated heterocycles. The standard InChI is InChI=1S/C22H30N4O3S/c1-16-12-21(26(24-16)20-10-11-30(28,29)15-20)23-22(27)14-25(13-18-8-9-18)17(2)19-6-4-3-5-7-19/h3-7,12,17-18,20H,8-11,13-15H2,1-2H3,(H,23,27). The molecule has 30 heavy (non-hydrogen) atoms. The lowest BCUT2D eigenvalue weighted by molar-refractivity contribution is -0.117. The number of benzene rings is 1. The Labute approximate surface area is 178 Å². The third-order valence-electron chi connectivity index (χ3n) is 6.05. The van der Waals surface area contributed by atoms with Gasteiger partial charge in [0.2, 0.25) is 5.91 Å². The minimum absolute atomic E-state index is 0.0792. The number of sulfone groups is 1. The van der Waals surface area contributed by atoms with Gasteiger partial charge in [0.15, 0.2) is 9.84 Å². The molecule has 0 spiro atoms. The second kappa shape index (κ2) is 8.51. The topological polar surface area (TPSA) is 84.3 Å². The average molecular weight is 431 g/mol. The first-order valence-electron chi connectivity index (χ1n) is 10.7.